The van der Waals surface area contributed by atoms with Gasteiger partial charge in [-0.1, -0.05) is 11.6 Å². The van der Waals surface area contributed by atoms with Crippen molar-refractivity contribution in [2.75, 3.05) is 14.2 Å². The van der Waals surface area contributed by atoms with E-state index in [2.05, 4.69) is 9.47 Å². The zero-order valence-corrected chi connectivity index (χ0v) is 11.8. The molecule has 1 rings (SSSR count). The Hall–Kier alpha value is -1.99. The zero-order valence-electron chi connectivity index (χ0n) is 10.3. The van der Waals surface area contributed by atoms with Gasteiger partial charge < -0.3 is 18.9 Å². The van der Waals surface area contributed by atoms with E-state index in [4.69, 9.17) is 32.7 Å². The smallest absolute Gasteiger partial charge is 0.437 e. The highest BCUT2D eigenvalue weighted by Gasteiger charge is 2.23. The van der Waals surface area contributed by atoms with Crippen LogP contribution in [0.1, 0.15) is 10.4 Å². The van der Waals surface area contributed by atoms with Crippen molar-refractivity contribution in [3.63, 3.8) is 0 Å². The van der Waals surface area contributed by atoms with Crippen molar-refractivity contribution in [1.82, 2.24) is 0 Å². The fourth-order valence-corrected chi connectivity index (χ4v) is 1.50. The Morgan fingerprint density at radius 2 is 1.55 bits per heavy atom. The first-order chi connectivity index (χ1) is 9.38. The van der Waals surface area contributed by atoms with E-state index in [0.29, 0.717) is 0 Å². The molecule has 0 aromatic heterocycles. The van der Waals surface area contributed by atoms with E-state index < -0.39 is 23.3 Å². The molecule has 0 radical (unpaired) electrons. The van der Waals surface area contributed by atoms with Crippen LogP contribution in [-0.2, 0) is 9.47 Å². The number of rotatable bonds is 3. The fourth-order valence-electron chi connectivity index (χ4n) is 1.15. The van der Waals surface area contributed by atoms with Crippen LogP contribution in [0.25, 0.3) is 0 Å². The van der Waals surface area contributed by atoms with Gasteiger partial charge in [0.15, 0.2) is 11.5 Å². The molecule has 0 heterocycles. The highest BCUT2D eigenvalue weighted by Crippen LogP contribution is 2.36. The topological polar surface area (TPSA) is 88.1 Å². The summed E-state index contributed by atoms with van der Waals surface area (Å²) in [5.41, 5.74) is -0.275. The fraction of sp³-hybridized carbons (Fsp3) is 0.182. The number of hydrogen-bond donors (Lipinski definition) is 0. The van der Waals surface area contributed by atoms with E-state index in [1.165, 1.54) is 0 Å². The maximum Gasteiger partial charge on any atom is 0.513 e. The summed E-state index contributed by atoms with van der Waals surface area (Å²) < 4.78 is 18.0. The van der Waals surface area contributed by atoms with Gasteiger partial charge in [-0.2, -0.15) is 0 Å². The molecule has 0 fully saturated rings. The summed E-state index contributed by atoms with van der Waals surface area (Å²) >= 11 is 11.1. The van der Waals surface area contributed by atoms with Crippen molar-refractivity contribution in [2.24, 2.45) is 0 Å². The second-order valence-corrected chi connectivity index (χ2v) is 3.95. The molecule has 0 amide bonds. The van der Waals surface area contributed by atoms with Crippen molar-refractivity contribution in [2.45, 2.75) is 0 Å². The predicted octanol–water partition coefficient (Wildman–Crippen LogP) is 3.01. The molecule has 0 unspecified atom stereocenters. The van der Waals surface area contributed by atoms with Crippen LogP contribution in [0, 0.1) is 0 Å². The number of benzene rings is 1. The molecule has 108 valence electrons. The molecule has 9 heteroatoms. The highest BCUT2D eigenvalue weighted by atomic mass is 35.5. The molecule has 0 atom stereocenters. The Kier molecular flexibility index (Phi) is 5.60. The molecule has 7 nitrogen and oxygen atoms in total. The first-order valence-electron chi connectivity index (χ1n) is 4.94. The van der Waals surface area contributed by atoms with Crippen LogP contribution in [0.15, 0.2) is 12.1 Å². The van der Waals surface area contributed by atoms with Crippen molar-refractivity contribution >= 4 is 40.8 Å². The Bertz CT molecular complexity index is 556. The number of methoxy groups -OCH3 is 2. The van der Waals surface area contributed by atoms with E-state index >= 15 is 0 Å². The Morgan fingerprint density at radius 3 is 2.05 bits per heavy atom. The molecular weight excluding hydrogens is 315 g/mol. The van der Waals surface area contributed by atoms with Gasteiger partial charge in [-0.25, -0.2) is 9.59 Å². The van der Waals surface area contributed by atoms with E-state index in [0.717, 1.165) is 26.4 Å². The van der Waals surface area contributed by atoms with Gasteiger partial charge in [0, 0.05) is 11.1 Å². The molecule has 0 saturated heterocycles. The Balaban J connectivity index is 3.34. The lowest BCUT2D eigenvalue weighted by Crippen LogP contribution is -2.14. The summed E-state index contributed by atoms with van der Waals surface area (Å²) in [6, 6.07) is 2.28. The monoisotopic (exact) mass is 322 g/mol. The van der Waals surface area contributed by atoms with E-state index in [9.17, 15) is 14.4 Å². The van der Waals surface area contributed by atoms with Gasteiger partial charge in [0.05, 0.1) is 19.8 Å². The van der Waals surface area contributed by atoms with Crippen molar-refractivity contribution in [3.8, 4) is 11.5 Å². The average Bonchev–Trinajstić information content (AvgIpc) is 2.40. The highest BCUT2D eigenvalue weighted by molar-refractivity contribution is 6.68. The van der Waals surface area contributed by atoms with Crippen LogP contribution in [0.4, 0.5) is 9.59 Å². The van der Waals surface area contributed by atoms with Gasteiger partial charge in [-0.05, 0) is 17.7 Å². The molecule has 0 aliphatic rings. The van der Waals surface area contributed by atoms with Crippen molar-refractivity contribution in [3.05, 3.63) is 22.7 Å². The molecule has 0 aliphatic heterocycles. The third kappa shape index (κ3) is 4.01. The molecule has 20 heavy (non-hydrogen) atoms. The van der Waals surface area contributed by atoms with Gasteiger partial charge in [0.1, 0.15) is 0 Å². The maximum atomic E-state index is 11.3. The predicted molar refractivity (Wildman–Crippen MR) is 67.7 cm³/mol. The standard InChI is InChI=1S/C11H8Cl2O7/c1-17-10(15)19-7-4-5(12)3-6(9(13)14)8(7)20-11(16)18-2/h3-4H,1-2H3. The Morgan fingerprint density at radius 1 is 1.00 bits per heavy atom. The summed E-state index contributed by atoms with van der Waals surface area (Å²) in [4.78, 5) is 33.5. The van der Waals surface area contributed by atoms with E-state index in [-0.39, 0.29) is 16.3 Å². The van der Waals surface area contributed by atoms with Gasteiger partial charge in [-0.3, -0.25) is 4.79 Å². The molecule has 0 aliphatic carbocycles. The summed E-state index contributed by atoms with van der Waals surface area (Å²) in [6.45, 7) is 0. The minimum atomic E-state index is -1.14. The molecule has 0 saturated carbocycles. The van der Waals surface area contributed by atoms with Gasteiger partial charge in [0.25, 0.3) is 5.24 Å². The first-order valence-corrected chi connectivity index (χ1v) is 5.69. The van der Waals surface area contributed by atoms with Gasteiger partial charge >= 0.3 is 12.3 Å². The van der Waals surface area contributed by atoms with Gasteiger partial charge in [0.2, 0.25) is 0 Å². The van der Waals surface area contributed by atoms with Gasteiger partial charge in [-0.15, -0.1) is 0 Å². The van der Waals surface area contributed by atoms with Crippen LogP contribution in [-0.4, -0.2) is 31.8 Å². The van der Waals surface area contributed by atoms with Crippen LogP contribution in [0.5, 0.6) is 11.5 Å². The lowest BCUT2D eigenvalue weighted by atomic mass is 10.2. The average molecular weight is 323 g/mol. The number of halogens is 2. The van der Waals surface area contributed by atoms with Crippen LogP contribution in [0.2, 0.25) is 5.02 Å². The molecule has 1 aromatic rings. The second-order valence-electron chi connectivity index (χ2n) is 3.17. The Labute approximate surface area is 123 Å². The first kappa shape index (κ1) is 16.1. The zero-order chi connectivity index (χ0) is 15.3. The quantitative estimate of drug-likeness (QED) is 0.480. The minimum Gasteiger partial charge on any atom is -0.437 e. The van der Waals surface area contributed by atoms with E-state index in [1.54, 1.807) is 0 Å². The van der Waals surface area contributed by atoms with Crippen molar-refractivity contribution in [1.29, 1.82) is 0 Å². The summed E-state index contributed by atoms with van der Waals surface area (Å²) in [5, 5.41) is -0.939. The lowest BCUT2D eigenvalue weighted by Gasteiger charge is -2.12. The number of carbonyl (C=O) groups excluding carboxylic acids is 3. The van der Waals surface area contributed by atoms with Crippen LogP contribution in [0.3, 0.4) is 0 Å². The van der Waals surface area contributed by atoms with Crippen LogP contribution < -0.4 is 9.47 Å². The van der Waals surface area contributed by atoms with E-state index in [1.807, 2.05) is 0 Å². The van der Waals surface area contributed by atoms with Crippen molar-refractivity contribution < 1.29 is 33.3 Å². The summed E-state index contributed by atoms with van der Waals surface area (Å²) in [7, 11) is 2.13. The second kappa shape index (κ2) is 6.97. The molecule has 0 bridgehead atoms. The minimum absolute atomic E-state index is 0.0325. The third-order valence-corrected chi connectivity index (χ3v) is 2.37. The molecule has 0 N–H and O–H groups in total. The number of ether oxygens (including phenoxy) is 4. The maximum absolute atomic E-state index is 11.3. The lowest BCUT2D eigenvalue weighted by molar-refractivity contribution is 0.105. The molecule has 1 aromatic carbocycles. The largest absolute Gasteiger partial charge is 0.513 e. The van der Waals surface area contributed by atoms with Crippen LogP contribution >= 0.6 is 23.2 Å². The number of hydrogen-bond acceptors (Lipinski definition) is 7. The summed E-state index contributed by atoms with van der Waals surface area (Å²) in [6.07, 6.45) is -2.24. The molecular formula is C11H8Cl2O7. The SMILES string of the molecule is COC(=O)Oc1cc(Cl)cc(C(=O)Cl)c1OC(=O)OC. The summed E-state index contributed by atoms with van der Waals surface area (Å²) in [5.74, 6) is -0.731. The molecule has 0 spiro atoms. The third-order valence-electron chi connectivity index (χ3n) is 1.94. The number of carbonyl (C=O) groups is 3. The normalized spacial score (nSPS) is 9.60.